The van der Waals surface area contributed by atoms with Gasteiger partial charge < -0.3 is 15.6 Å². The summed E-state index contributed by atoms with van der Waals surface area (Å²) in [5.74, 6) is -3.10. The van der Waals surface area contributed by atoms with Crippen LogP contribution in [0.3, 0.4) is 0 Å². The summed E-state index contributed by atoms with van der Waals surface area (Å²) in [4.78, 5) is 37.1. The lowest BCUT2D eigenvalue weighted by molar-refractivity contribution is -0.202. The van der Waals surface area contributed by atoms with E-state index in [2.05, 4.69) is 0 Å². The number of halogens is 2. The van der Waals surface area contributed by atoms with Crippen LogP contribution < -0.4 is 5.73 Å². The molecule has 0 spiro atoms. The minimum Gasteiger partial charge on any atom is -0.458 e. The fourth-order valence-electron chi connectivity index (χ4n) is 8.04. The molecule has 0 saturated heterocycles. The maximum absolute atomic E-state index is 17.1. The average Bonchev–Trinajstić information content (AvgIpc) is 3.13. The number of allylic oxidation sites excluding steroid dienone is 4. The van der Waals surface area contributed by atoms with Gasteiger partial charge in [0.2, 0.25) is 0 Å². The topological polar surface area (TPSA) is 161 Å². The van der Waals surface area contributed by atoms with Gasteiger partial charge in [-0.3, -0.25) is 18.9 Å². The molecule has 4 N–H and O–H groups in total. The van der Waals surface area contributed by atoms with Crippen LogP contribution in [-0.4, -0.2) is 72.5 Å². The van der Waals surface area contributed by atoms with Gasteiger partial charge >= 0.3 is 5.97 Å². The average molecular weight is 604 g/mol. The minimum atomic E-state index is -3.80. The van der Waals surface area contributed by atoms with Gasteiger partial charge in [0.25, 0.3) is 10.1 Å². The fraction of sp³-hybridized carbons (Fsp3) is 0.759. The van der Waals surface area contributed by atoms with Crippen molar-refractivity contribution in [1.82, 2.24) is 0 Å². The first kappa shape index (κ1) is 33.5. The molecule has 0 bridgehead atoms. The molecule has 41 heavy (non-hydrogen) atoms. The largest absolute Gasteiger partial charge is 0.458 e. The van der Waals surface area contributed by atoms with Crippen molar-refractivity contribution >= 4 is 27.7 Å². The van der Waals surface area contributed by atoms with E-state index in [0.717, 1.165) is 6.42 Å². The molecular formula is C29H43F2NO8S. The Balaban J connectivity index is 0.000000587. The molecule has 0 unspecified atom stereocenters. The monoisotopic (exact) mass is 603 g/mol. The zero-order valence-corrected chi connectivity index (χ0v) is 25.0. The van der Waals surface area contributed by atoms with Crippen molar-refractivity contribution in [2.24, 2.45) is 40.2 Å². The van der Waals surface area contributed by atoms with Gasteiger partial charge in [-0.05, 0) is 67.6 Å². The van der Waals surface area contributed by atoms with Gasteiger partial charge in [-0.1, -0.05) is 33.3 Å². The standard InChI is InChI=1S/C27H36F2O5.C2H7NO3S/c1-5-6-7-23(33)34-14-21(31)24-15(2)10-17-18-12-20(28)19-11-16(30)8-9-26(19,4)27(18,29)22(32)13-25(17,24)3;3-1-2-7(4,5)6/h8-9,11,15,17-18,20,22,24,32H,5-7,10,12-14H2,1-4H3;1-3H2,(H,4,5,6)/t15-,17+,18+,20+,22+,24-,25+,26+,27+;/m1./s1. The first-order valence-electron chi connectivity index (χ1n) is 14.3. The second kappa shape index (κ2) is 12.3. The summed E-state index contributed by atoms with van der Waals surface area (Å²) in [6, 6.07) is 0. The number of hydrogen-bond acceptors (Lipinski definition) is 8. The van der Waals surface area contributed by atoms with E-state index < -0.39 is 56.7 Å². The number of alkyl halides is 2. The maximum Gasteiger partial charge on any atom is 0.306 e. The van der Waals surface area contributed by atoms with E-state index in [-0.39, 0.29) is 67.1 Å². The zero-order chi connectivity index (χ0) is 31.0. The zero-order valence-electron chi connectivity index (χ0n) is 24.1. The van der Waals surface area contributed by atoms with Crippen LogP contribution in [-0.2, 0) is 29.2 Å². The number of unbranched alkanes of at least 4 members (excludes halogenated alkanes) is 1. The SMILES string of the molecule is CCCCC(=O)OCC(=O)[C@H]1[C@H](C)C[C@H]2[C@@H]3C[C@H](F)C4=CC(=O)C=C[C@]4(C)[C@@]3(F)[C@@H](O)C[C@@]21C.NCCS(=O)(=O)O. The molecule has 9 atom stereocenters. The third kappa shape index (κ3) is 6.21. The van der Waals surface area contributed by atoms with Crippen LogP contribution in [0.1, 0.15) is 66.2 Å². The van der Waals surface area contributed by atoms with Gasteiger partial charge in [-0.25, -0.2) is 8.78 Å². The van der Waals surface area contributed by atoms with Crippen LogP contribution in [0.4, 0.5) is 8.78 Å². The number of rotatable bonds is 8. The van der Waals surface area contributed by atoms with Crippen molar-refractivity contribution in [3.63, 3.8) is 0 Å². The van der Waals surface area contributed by atoms with Crippen LogP contribution in [0, 0.1) is 34.5 Å². The molecule has 12 heteroatoms. The Morgan fingerprint density at radius 3 is 2.44 bits per heavy atom. The molecule has 232 valence electrons. The van der Waals surface area contributed by atoms with Crippen LogP contribution in [0.25, 0.3) is 0 Å². The molecule has 0 aromatic heterocycles. The highest BCUT2D eigenvalue weighted by Gasteiger charge is 2.73. The van der Waals surface area contributed by atoms with Gasteiger partial charge in [-0.15, -0.1) is 0 Å². The second-order valence-electron chi connectivity index (χ2n) is 12.4. The summed E-state index contributed by atoms with van der Waals surface area (Å²) < 4.78 is 65.1. The molecule has 3 fully saturated rings. The van der Waals surface area contributed by atoms with Crippen LogP contribution in [0.15, 0.2) is 23.8 Å². The summed E-state index contributed by atoms with van der Waals surface area (Å²) in [5, 5.41) is 11.3. The Morgan fingerprint density at radius 1 is 1.22 bits per heavy atom. The van der Waals surface area contributed by atoms with Crippen molar-refractivity contribution in [2.45, 2.75) is 84.2 Å². The fourth-order valence-corrected chi connectivity index (χ4v) is 8.34. The van der Waals surface area contributed by atoms with Crippen molar-refractivity contribution in [2.75, 3.05) is 18.9 Å². The minimum absolute atomic E-state index is 0.0289. The smallest absolute Gasteiger partial charge is 0.306 e. The molecular weight excluding hydrogens is 560 g/mol. The van der Waals surface area contributed by atoms with Crippen molar-refractivity contribution < 1.29 is 46.0 Å². The van der Waals surface area contributed by atoms with E-state index >= 15 is 8.78 Å². The first-order valence-corrected chi connectivity index (χ1v) is 15.9. The van der Waals surface area contributed by atoms with Crippen LogP contribution in [0.5, 0.6) is 0 Å². The highest BCUT2D eigenvalue weighted by Crippen LogP contribution is 2.70. The number of nitrogens with two attached hydrogens (primary N) is 1. The Hall–Kier alpha value is -2.02. The number of esters is 1. The lowest BCUT2D eigenvalue weighted by Crippen LogP contribution is -2.68. The summed E-state index contributed by atoms with van der Waals surface area (Å²) in [5.41, 5.74) is 0.561. The van der Waals surface area contributed by atoms with E-state index in [1.165, 1.54) is 18.2 Å². The van der Waals surface area contributed by atoms with Gasteiger partial charge in [0, 0.05) is 30.2 Å². The third-order valence-corrected chi connectivity index (χ3v) is 10.6. The predicted octanol–water partition coefficient (Wildman–Crippen LogP) is 3.30. The number of carbonyl (C=O) groups excluding carboxylic acids is 3. The summed E-state index contributed by atoms with van der Waals surface area (Å²) in [6.07, 6.45) is 3.20. The molecule has 0 radical (unpaired) electrons. The summed E-state index contributed by atoms with van der Waals surface area (Å²) >= 11 is 0. The Bertz CT molecular complexity index is 1210. The highest BCUT2D eigenvalue weighted by molar-refractivity contribution is 7.85. The quantitative estimate of drug-likeness (QED) is 0.279. The molecule has 4 aliphatic carbocycles. The Morgan fingerprint density at radius 2 is 1.88 bits per heavy atom. The number of hydrogen-bond donors (Lipinski definition) is 3. The van der Waals surface area contributed by atoms with Crippen molar-refractivity contribution in [1.29, 1.82) is 0 Å². The number of aliphatic hydroxyl groups excluding tert-OH is 1. The molecule has 4 rings (SSSR count). The summed E-state index contributed by atoms with van der Waals surface area (Å²) in [6.45, 7) is 7.00. The van der Waals surface area contributed by atoms with Gasteiger partial charge in [0.15, 0.2) is 17.2 Å². The predicted molar refractivity (Wildman–Crippen MR) is 148 cm³/mol. The number of carbonyl (C=O) groups is 3. The second-order valence-corrected chi connectivity index (χ2v) is 14.0. The lowest BCUT2D eigenvalue weighted by atomic mass is 9.45. The van der Waals surface area contributed by atoms with E-state index in [0.29, 0.717) is 12.8 Å². The van der Waals surface area contributed by atoms with Crippen molar-refractivity contribution in [3.8, 4) is 0 Å². The maximum atomic E-state index is 17.1. The van der Waals surface area contributed by atoms with Crippen LogP contribution in [0.2, 0.25) is 0 Å². The van der Waals surface area contributed by atoms with Crippen molar-refractivity contribution in [3.05, 3.63) is 23.8 Å². The first-order chi connectivity index (χ1) is 19.0. The molecule has 0 heterocycles. The number of ether oxygens (including phenoxy) is 1. The molecule has 0 aromatic carbocycles. The summed E-state index contributed by atoms with van der Waals surface area (Å²) in [7, 11) is -3.80. The van der Waals surface area contributed by atoms with Gasteiger partial charge in [0.05, 0.1) is 11.9 Å². The number of ketones is 2. The highest BCUT2D eigenvalue weighted by atomic mass is 32.2. The van der Waals surface area contributed by atoms with E-state index in [1.54, 1.807) is 6.92 Å². The molecule has 0 aliphatic heterocycles. The third-order valence-electron chi connectivity index (χ3n) is 9.80. The van der Waals surface area contributed by atoms with E-state index in [1.807, 2.05) is 20.8 Å². The Labute approximate surface area is 240 Å². The van der Waals surface area contributed by atoms with E-state index in [9.17, 15) is 27.9 Å². The normalized spacial score (nSPS) is 39.4. The van der Waals surface area contributed by atoms with Gasteiger partial charge in [-0.2, -0.15) is 8.42 Å². The molecule has 3 saturated carbocycles. The number of aliphatic hydroxyl groups is 1. The molecule has 9 nitrogen and oxygen atoms in total. The molecule has 0 aromatic rings. The van der Waals surface area contributed by atoms with Crippen LogP contribution >= 0.6 is 0 Å². The van der Waals surface area contributed by atoms with Gasteiger partial charge in [0.1, 0.15) is 12.8 Å². The molecule has 0 amide bonds. The lowest BCUT2D eigenvalue weighted by Gasteiger charge is -2.62. The Kier molecular flexibility index (Phi) is 10.0. The molecule has 4 aliphatic rings. The number of Topliss-reactive ketones (excluding diaryl/α,β-unsaturated/α-hetero) is 1. The number of fused-ring (bicyclic) bond motifs is 5. The van der Waals surface area contributed by atoms with E-state index in [4.69, 9.17) is 15.0 Å².